The Balaban J connectivity index is 1.47. The maximum atomic E-state index is 13.1. The fraction of sp³-hybridized carbons (Fsp3) is 0.273. The van der Waals surface area contributed by atoms with Crippen molar-refractivity contribution in [3.63, 3.8) is 0 Å². The van der Waals surface area contributed by atoms with Gasteiger partial charge in [-0.2, -0.15) is 0 Å². The van der Waals surface area contributed by atoms with Gasteiger partial charge in [-0.15, -0.1) is 0 Å². The highest BCUT2D eigenvalue weighted by Gasteiger charge is 2.20. The lowest BCUT2D eigenvalue weighted by Gasteiger charge is -2.36. The average Bonchev–Trinajstić information content (AvgIpc) is 2.71. The van der Waals surface area contributed by atoms with Crippen molar-refractivity contribution in [2.75, 3.05) is 36.0 Å². The fourth-order valence-electron chi connectivity index (χ4n) is 3.63. The first-order chi connectivity index (χ1) is 14.0. The summed E-state index contributed by atoms with van der Waals surface area (Å²) < 4.78 is 13.1. The van der Waals surface area contributed by atoms with Crippen LogP contribution in [0.4, 0.5) is 16.0 Å². The van der Waals surface area contributed by atoms with Gasteiger partial charge in [-0.25, -0.2) is 9.37 Å². The molecule has 0 radical (unpaired) electrons. The Hall–Kier alpha value is -2.86. The smallest absolute Gasteiger partial charge is 0.256 e. The van der Waals surface area contributed by atoms with E-state index < -0.39 is 0 Å². The Bertz CT molecular complexity index is 1060. The van der Waals surface area contributed by atoms with Gasteiger partial charge in [0.15, 0.2) is 0 Å². The molecule has 0 atom stereocenters. The zero-order valence-corrected chi connectivity index (χ0v) is 16.9. The van der Waals surface area contributed by atoms with Crippen molar-refractivity contribution >= 4 is 23.2 Å². The predicted octanol–water partition coefficient (Wildman–Crippen LogP) is 3.79. The van der Waals surface area contributed by atoms with Crippen molar-refractivity contribution in [3.05, 3.63) is 86.5 Å². The van der Waals surface area contributed by atoms with E-state index in [-0.39, 0.29) is 11.4 Å². The van der Waals surface area contributed by atoms with E-state index in [0.29, 0.717) is 23.0 Å². The van der Waals surface area contributed by atoms with E-state index in [0.717, 1.165) is 43.1 Å². The highest BCUT2D eigenvalue weighted by atomic mass is 35.5. The lowest BCUT2D eigenvalue weighted by molar-refractivity contribution is 0.622. The summed E-state index contributed by atoms with van der Waals surface area (Å²) in [6.45, 7) is 4.88. The van der Waals surface area contributed by atoms with Crippen LogP contribution in [0.15, 0.2) is 53.3 Å². The molecule has 2 aromatic carbocycles. The van der Waals surface area contributed by atoms with Crippen LogP contribution in [0.3, 0.4) is 0 Å². The molecule has 150 valence electrons. The molecule has 2 heterocycles. The second kappa shape index (κ2) is 8.25. The van der Waals surface area contributed by atoms with Gasteiger partial charge in [0.2, 0.25) is 5.95 Å². The molecule has 0 saturated carbocycles. The molecule has 0 spiro atoms. The monoisotopic (exact) mass is 412 g/mol. The Morgan fingerprint density at radius 2 is 1.76 bits per heavy atom. The van der Waals surface area contributed by atoms with Crippen molar-refractivity contribution in [3.8, 4) is 0 Å². The molecule has 0 unspecified atom stereocenters. The zero-order valence-electron chi connectivity index (χ0n) is 16.2. The number of aryl methyl sites for hydroxylation is 1. The zero-order chi connectivity index (χ0) is 20.4. The van der Waals surface area contributed by atoms with E-state index in [1.807, 2.05) is 31.2 Å². The second-order valence-corrected chi connectivity index (χ2v) is 7.65. The topological polar surface area (TPSA) is 52.2 Å². The molecule has 0 amide bonds. The molecule has 1 fully saturated rings. The molecule has 7 heteroatoms. The van der Waals surface area contributed by atoms with Gasteiger partial charge >= 0.3 is 0 Å². The van der Waals surface area contributed by atoms with Crippen molar-refractivity contribution < 1.29 is 4.39 Å². The van der Waals surface area contributed by atoms with Gasteiger partial charge in [0, 0.05) is 48.9 Å². The van der Waals surface area contributed by atoms with Crippen LogP contribution in [-0.4, -0.2) is 36.1 Å². The molecule has 1 aliphatic heterocycles. The van der Waals surface area contributed by atoms with Gasteiger partial charge in [-0.3, -0.25) is 9.78 Å². The summed E-state index contributed by atoms with van der Waals surface area (Å²) in [6.07, 6.45) is 0.493. The van der Waals surface area contributed by atoms with Gasteiger partial charge in [0.25, 0.3) is 5.56 Å². The van der Waals surface area contributed by atoms with E-state index in [1.54, 1.807) is 12.1 Å². The molecular weight excluding hydrogens is 391 g/mol. The number of aromatic amines is 1. The van der Waals surface area contributed by atoms with E-state index in [4.69, 9.17) is 11.6 Å². The fourth-order valence-corrected chi connectivity index (χ4v) is 3.85. The average molecular weight is 413 g/mol. The van der Waals surface area contributed by atoms with Crippen molar-refractivity contribution in [2.45, 2.75) is 13.3 Å². The SMILES string of the molecule is Cc1nc(N2CCN(c3ccc(F)cc3)CC2)[nH]c(=O)c1Cc1cccc(Cl)c1. The Labute approximate surface area is 173 Å². The summed E-state index contributed by atoms with van der Waals surface area (Å²) >= 11 is 6.05. The molecule has 1 N–H and O–H groups in total. The molecule has 5 nitrogen and oxygen atoms in total. The van der Waals surface area contributed by atoms with Crippen LogP contribution < -0.4 is 15.4 Å². The molecular formula is C22H22ClFN4O. The number of aromatic nitrogens is 2. The summed E-state index contributed by atoms with van der Waals surface area (Å²) in [6, 6.07) is 14.0. The minimum Gasteiger partial charge on any atom is -0.368 e. The van der Waals surface area contributed by atoms with Crippen LogP contribution in [0, 0.1) is 12.7 Å². The Morgan fingerprint density at radius 3 is 2.41 bits per heavy atom. The van der Waals surface area contributed by atoms with Gasteiger partial charge < -0.3 is 9.80 Å². The minimum atomic E-state index is -0.234. The number of H-pyrrole nitrogens is 1. The van der Waals surface area contributed by atoms with Gasteiger partial charge in [0.05, 0.1) is 5.69 Å². The normalized spacial score (nSPS) is 14.3. The minimum absolute atomic E-state index is 0.117. The van der Waals surface area contributed by atoms with E-state index >= 15 is 0 Å². The standard InChI is InChI=1S/C22H22ClFN4O/c1-15-20(14-16-3-2-4-17(23)13-16)21(29)26-22(25-15)28-11-9-27(10-12-28)19-7-5-18(24)6-8-19/h2-8,13H,9-12,14H2,1H3,(H,25,26,29). The molecule has 0 bridgehead atoms. The lowest BCUT2D eigenvalue weighted by atomic mass is 10.1. The second-order valence-electron chi connectivity index (χ2n) is 7.21. The Kier molecular flexibility index (Phi) is 5.53. The summed E-state index contributed by atoms with van der Waals surface area (Å²) in [5.74, 6) is 0.364. The molecule has 4 rings (SSSR count). The first-order valence-corrected chi connectivity index (χ1v) is 9.97. The van der Waals surface area contributed by atoms with Gasteiger partial charge in [-0.1, -0.05) is 23.7 Å². The number of nitrogens with one attached hydrogen (secondary N) is 1. The number of benzene rings is 2. The molecule has 1 aromatic heterocycles. The van der Waals surface area contributed by atoms with Crippen LogP contribution in [-0.2, 0) is 6.42 Å². The number of rotatable bonds is 4. The predicted molar refractivity (Wildman–Crippen MR) is 115 cm³/mol. The van der Waals surface area contributed by atoms with Gasteiger partial charge in [0.1, 0.15) is 5.82 Å². The third kappa shape index (κ3) is 4.43. The molecule has 0 aliphatic carbocycles. The summed E-state index contributed by atoms with van der Waals surface area (Å²) in [4.78, 5) is 24.6. The number of nitrogens with zero attached hydrogens (tertiary/aromatic N) is 3. The maximum absolute atomic E-state index is 13.1. The number of halogens is 2. The third-order valence-electron chi connectivity index (χ3n) is 5.25. The highest BCUT2D eigenvalue weighted by Crippen LogP contribution is 2.20. The molecule has 1 aliphatic rings. The van der Waals surface area contributed by atoms with Crippen LogP contribution in [0.2, 0.25) is 5.02 Å². The molecule has 1 saturated heterocycles. The highest BCUT2D eigenvalue weighted by molar-refractivity contribution is 6.30. The van der Waals surface area contributed by atoms with E-state index in [1.165, 1.54) is 12.1 Å². The quantitative estimate of drug-likeness (QED) is 0.708. The maximum Gasteiger partial charge on any atom is 0.256 e. The first-order valence-electron chi connectivity index (χ1n) is 9.59. The summed E-state index contributed by atoms with van der Waals surface area (Å²) in [5.41, 5.74) is 3.24. The number of hydrogen-bond acceptors (Lipinski definition) is 4. The van der Waals surface area contributed by atoms with Crippen LogP contribution in [0.5, 0.6) is 0 Å². The molecule has 3 aromatic rings. The number of hydrogen-bond donors (Lipinski definition) is 1. The summed E-state index contributed by atoms with van der Waals surface area (Å²) in [7, 11) is 0. The van der Waals surface area contributed by atoms with Crippen LogP contribution in [0.1, 0.15) is 16.8 Å². The van der Waals surface area contributed by atoms with Crippen molar-refractivity contribution in [1.82, 2.24) is 9.97 Å². The van der Waals surface area contributed by atoms with Crippen LogP contribution >= 0.6 is 11.6 Å². The van der Waals surface area contributed by atoms with E-state index in [9.17, 15) is 9.18 Å². The van der Waals surface area contributed by atoms with Crippen molar-refractivity contribution in [1.29, 1.82) is 0 Å². The van der Waals surface area contributed by atoms with Crippen LogP contribution in [0.25, 0.3) is 0 Å². The Morgan fingerprint density at radius 1 is 1.07 bits per heavy atom. The van der Waals surface area contributed by atoms with E-state index in [2.05, 4.69) is 19.8 Å². The number of anilines is 2. The third-order valence-corrected chi connectivity index (χ3v) is 5.49. The first kappa shape index (κ1) is 19.5. The molecule has 29 heavy (non-hydrogen) atoms. The largest absolute Gasteiger partial charge is 0.368 e. The van der Waals surface area contributed by atoms with Gasteiger partial charge in [-0.05, 0) is 48.9 Å². The summed E-state index contributed by atoms with van der Waals surface area (Å²) in [5, 5.41) is 0.653. The number of piperazine rings is 1. The van der Waals surface area contributed by atoms with Crippen molar-refractivity contribution in [2.24, 2.45) is 0 Å². The lowest BCUT2D eigenvalue weighted by Crippen LogP contribution is -2.47.